The van der Waals surface area contributed by atoms with E-state index in [4.69, 9.17) is 9.47 Å². The van der Waals surface area contributed by atoms with Crippen LogP contribution in [0.5, 0.6) is 5.75 Å². The number of aliphatic hydroxyl groups excluding tert-OH is 1. The molecule has 0 aliphatic carbocycles. The number of carbonyl (C=O) groups is 3. The van der Waals surface area contributed by atoms with Gasteiger partial charge in [-0.25, -0.2) is 4.79 Å². The molecule has 1 aliphatic rings. The summed E-state index contributed by atoms with van der Waals surface area (Å²) >= 11 is 0. The highest BCUT2D eigenvalue weighted by Crippen LogP contribution is 2.39. The predicted molar refractivity (Wildman–Crippen MR) is 146 cm³/mol. The molecule has 0 bridgehead atoms. The Morgan fingerprint density at radius 2 is 1.74 bits per heavy atom. The van der Waals surface area contributed by atoms with Crippen LogP contribution in [-0.2, 0) is 27.2 Å². The van der Waals surface area contributed by atoms with Gasteiger partial charge in [0.2, 0.25) is 0 Å². The van der Waals surface area contributed by atoms with E-state index >= 15 is 0 Å². The van der Waals surface area contributed by atoms with Crippen molar-refractivity contribution in [1.82, 2.24) is 9.88 Å². The average molecular weight is 525 g/mol. The molecule has 1 amide bonds. The van der Waals surface area contributed by atoms with Crippen LogP contribution in [0.1, 0.15) is 33.1 Å². The zero-order chi connectivity index (χ0) is 27.5. The second-order valence-electron chi connectivity index (χ2n) is 9.34. The third kappa shape index (κ3) is 5.01. The van der Waals surface area contributed by atoms with Crippen molar-refractivity contribution < 1.29 is 29.0 Å². The van der Waals surface area contributed by atoms with Crippen molar-refractivity contribution in [2.75, 3.05) is 20.8 Å². The van der Waals surface area contributed by atoms with Crippen LogP contribution in [0.4, 0.5) is 0 Å². The highest BCUT2D eigenvalue weighted by molar-refractivity contribution is 6.09. The minimum absolute atomic E-state index is 0.0420. The Morgan fingerprint density at radius 1 is 1.00 bits per heavy atom. The minimum Gasteiger partial charge on any atom is -0.503 e. The van der Waals surface area contributed by atoms with Gasteiger partial charge in [0.05, 0.1) is 31.4 Å². The Morgan fingerprint density at radius 3 is 2.44 bits per heavy atom. The number of nitrogens with zero attached hydrogens (tertiary/aromatic N) is 1. The molecule has 39 heavy (non-hydrogen) atoms. The Labute approximate surface area is 225 Å². The highest BCUT2D eigenvalue weighted by Gasteiger charge is 2.43. The van der Waals surface area contributed by atoms with E-state index in [9.17, 15) is 19.5 Å². The average Bonchev–Trinajstić information content (AvgIpc) is 3.49. The number of aromatic nitrogens is 1. The molecular weight excluding hydrogens is 496 g/mol. The van der Waals surface area contributed by atoms with Crippen LogP contribution in [0.3, 0.4) is 0 Å². The van der Waals surface area contributed by atoms with Gasteiger partial charge in [-0.1, -0.05) is 42.5 Å². The number of aromatic amines is 1. The molecule has 2 heterocycles. The van der Waals surface area contributed by atoms with E-state index in [0.717, 1.165) is 27.8 Å². The number of methoxy groups -OCH3 is 2. The number of ketones is 1. The Balaban J connectivity index is 1.48. The van der Waals surface area contributed by atoms with Gasteiger partial charge in [-0.15, -0.1) is 0 Å². The fraction of sp³-hybridized carbons (Fsp3) is 0.194. The first-order valence-corrected chi connectivity index (χ1v) is 12.5. The summed E-state index contributed by atoms with van der Waals surface area (Å²) in [5.74, 6) is -1.26. The summed E-state index contributed by atoms with van der Waals surface area (Å²) in [6.45, 7) is 0.249. The summed E-state index contributed by atoms with van der Waals surface area (Å²) in [5, 5.41) is 11.9. The maximum Gasteiger partial charge on any atom is 0.337 e. The summed E-state index contributed by atoms with van der Waals surface area (Å²) in [5.41, 5.74) is 3.69. The van der Waals surface area contributed by atoms with Gasteiger partial charge in [0.25, 0.3) is 5.91 Å². The van der Waals surface area contributed by atoms with Crippen LogP contribution < -0.4 is 4.74 Å². The second-order valence-corrected chi connectivity index (χ2v) is 9.34. The number of rotatable bonds is 9. The van der Waals surface area contributed by atoms with E-state index in [0.29, 0.717) is 17.5 Å². The summed E-state index contributed by atoms with van der Waals surface area (Å²) in [7, 11) is 2.91. The number of benzene rings is 3. The van der Waals surface area contributed by atoms with Crippen molar-refractivity contribution in [3.05, 3.63) is 113 Å². The van der Waals surface area contributed by atoms with Gasteiger partial charge in [0.1, 0.15) is 5.75 Å². The molecule has 0 fully saturated rings. The molecule has 0 radical (unpaired) electrons. The van der Waals surface area contributed by atoms with Gasteiger partial charge < -0.3 is 24.5 Å². The van der Waals surface area contributed by atoms with Crippen molar-refractivity contribution in [2.45, 2.75) is 18.9 Å². The fourth-order valence-corrected chi connectivity index (χ4v) is 5.04. The quantitative estimate of drug-likeness (QED) is 0.307. The first-order chi connectivity index (χ1) is 18.9. The number of esters is 1. The smallest absolute Gasteiger partial charge is 0.337 e. The van der Waals surface area contributed by atoms with Crippen molar-refractivity contribution in [3.63, 3.8) is 0 Å². The van der Waals surface area contributed by atoms with Gasteiger partial charge in [-0.2, -0.15) is 0 Å². The van der Waals surface area contributed by atoms with Crippen molar-refractivity contribution in [1.29, 1.82) is 0 Å². The van der Waals surface area contributed by atoms with Crippen LogP contribution in [-0.4, -0.2) is 53.4 Å². The number of amides is 1. The minimum atomic E-state index is -0.805. The molecule has 0 unspecified atom stereocenters. The molecule has 0 spiro atoms. The van der Waals surface area contributed by atoms with Gasteiger partial charge in [-0.05, 0) is 53.4 Å². The molecule has 198 valence electrons. The van der Waals surface area contributed by atoms with E-state index < -0.39 is 23.7 Å². The largest absolute Gasteiger partial charge is 0.503 e. The van der Waals surface area contributed by atoms with Crippen molar-refractivity contribution in [3.8, 4) is 5.75 Å². The first-order valence-electron chi connectivity index (χ1n) is 12.5. The number of nitrogens with one attached hydrogen (secondary N) is 1. The van der Waals surface area contributed by atoms with Gasteiger partial charge >= 0.3 is 5.97 Å². The first kappa shape index (κ1) is 25.8. The summed E-state index contributed by atoms with van der Waals surface area (Å²) < 4.78 is 10.2. The molecule has 8 nitrogen and oxygen atoms in total. The highest BCUT2D eigenvalue weighted by atomic mass is 16.5. The Hall–Kier alpha value is -4.85. The number of ether oxygens (including phenoxy) is 2. The third-order valence-corrected chi connectivity index (χ3v) is 7.06. The molecular formula is C31H28N2O6. The molecule has 1 atom stereocenters. The number of aliphatic hydroxyl groups is 1. The summed E-state index contributed by atoms with van der Waals surface area (Å²) in [6.07, 6.45) is 2.41. The van der Waals surface area contributed by atoms with E-state index in [-0.39, 0.29) is 24.3 Å². The van der Waals surface area contributed by atoms with E-state index in [2.05, 4.69) is 4.98 Å². The van der Waals surface area contributed by atoms with E-state index in [1.165, 1.54) is 12.0 Å². The number of Topliss-reactive ketones (excluding diaryl/α,β-unsaturated/α-hetero) is 1. The van der Waals surface area contributed by atoms with Gasteiger partial charge in [0.15, 0.2) is 11.5 Å². The monoisotopic (exact) mass is 524 g/mol. The zero-order valence-electron chi connectivity index (χ0n) is 21.6. The fourth-order valence-electron chi connectivity index (χ4n) is 5.04. The summed E-state index contributed by atoms with van der Waals surface area (Å²) in [4.78, 5) is 43.6. The van der Waals surface area contributed by atoms with Crippen LogP contribution >= 0.6 is 0 Å². The Kier molecular flexibility index (Phi) is 7.19. The lowest BCUT2D eigenvalue weighted by Gasteiger charge is -2.27. The molecule has 0 saturated carbocycles. The lowest BCUT2D eigenvalue weighted by atomic mass is 9.92. The predicted octanol–water partition coefficient (Wildman–Crippen LogP) is 4.71. The van der Waals surface area contributed by atoms with Crippen molar-refractivity contribution in [2.24, 2.45) is 0 Å². The SMILES string of the molecule is COC(=O)c1ccc([C@@H]2C(C(=O)Cc3ccccc3)=C(O)C(=O)N2CCc2c[nH]c3ccc(OC)cc23)cc1. The second kappa shape index (κ2) is 10.9. The maximum absolute atomic E-state index is 13.5. The van der Waals surface area contributed by atoms with Crippen molar-refractivity contribution >= 4 is 28.6 Å². The number of hydrogen-bond acceptors (Lipinski definition) is 6. The standard InChI is InChI=1S/C31H28N2O6/c1-38-23-12-13-25-24(17-23)22(18-32-25)14-15-33-28(20-8-10-21(11-9-20)31(37)39-2)27(29(35)30(33)36)26(34)16-19-6-4-3-5-7-19/h3-13,17-18,28,32,35H,14-16H2,1-2H3/t28-/m1/s1. The topological polar surface area (TPSA) is 109 Å². The molecule has 1 aromatic heterocycles. The third-order valence-electron chi connectivity index (χ3n) is 7.06. The van der Waals surface area contributed by atoms with E-state index in [1.807, 2.05) is 54.7 Å². The maximum atomic E-state index is 13.5. The van der Waals surface area contributed by atoms with Gasteiger partial charge in [-0.3, -0.25) is 9.59 Å². The Bertz CT molecular complexity index is 1570. The molecule has 4 aromatic rings. The molecule has 5 rings (SSSR count). The normalized spacial score (nSPS) is 15.2. The number of H-pyrrole nitrogens is 1. The van der Waals surface area contributed by atoms with Crippen LogP contribution in [0.25, 0.3) is 10.9 Å². The van der Waals surface area contributed by atoms with Crippen LogP contribution in [0.2, 0.25) is 0 Å². The molecule has 0 saturated heterocycles. The lowest BCUT2D eigenvalue weighted by Crippen LogP contribution is -2.33. The summed E-state index contributed by atoms with van der Waals surface area (Å²) in [6, 6.07) is 20.7. The lowest BCUT2D eigenvalue weighted by molar-refractivity contribution is -0.129. The van der Waals surface area contributed by atoms with Crippen LogP contribution in [0, 0.1) is 0 Å². The molecule has 8 heteroatoms. The molecule has 1 aliphatic heterocycles. The van der Waals surface area contributed by atoms with Crippen LogP contribution in [0.15, 0.2) is 90.3 Å². The number of fused-ring (bicyclic) bond motifs is 1. The van der Waals surface area contributed by atoms with E-state index in [1.54, 1.807) is 31.4 Å². The number of hydrogen-bond donors (Lipinski definition) is 2. The van der Waals surface area contributed by atoms with Gasteiger partial charge in [0, 0.05) is 30.1 Å². The molecule has 2 N–H and O–H groups in total. The molecule has 3 aromatic carbocycles. The zero-order valence-corrected chi connectivity index (χ0v) is 21.6. The number of carbonyl (C=O) groups excluding carboxylic acids is 3.